The van der Waals surface area contributed by atoms with Crippen LogP contribution in [0.1, 0.15) is 20.3 Å². The summed E-state index contributed by atoms with van der Waals surface area (Å²) in [6.07, 6.45) is 5.07. The predicted molar refractivity (Wildman–Crippen MR) is 44.7 cm³/mol. The summed E-state index contributed by atoms with van der Waals surface area (Å²) >= 11 is 0. The van der Waals surface area contributed by atoms with E-state index in [1.54, 1.807) is 0 Å². The van der Waals surface area contributed by atoms with Crippen LogP contribution in [0.2, 0.25) is 0 Å². The fraction of sp³-hybridized carbons (Fsp3) is 0.667. The zero-order valence-corrected chi connectivity index (χ0v) is 7.45. The summed E-state index contributed by atoms with van der Waals surface area (Å²) in [5, 5.41) is 0. The number of rotatable bonds is 2. The van der Waals surface area contributed by atoms with Crippen LogP contribution in [0.4, 0.5) is 0 Å². The summed E-state index contributed by atoms with van der Waals surface area (Å²) in [5.74, 6) is -0.249. The van der Waals surface area contributed by atoms with E-state index in [-0.39, 0.29) is 18.2 Å². The van der Waals surface area contributed by atoms with E-state index in [9.17, 15) is 4.79 Å². The molecule has 0 aromatic heterocycles. The van der Waals surface area contributed by atoms with Crippen LogP contribution in [0.15, 0.2) is 12.2 Å². The molecule has 0 saturated carbocycles. The molecule has 0 aliphatic carbocycles. The Morgan fingerprint density at radius 2 is 2.50 bits per heavy atom. The molecule has 0 bridgehead atoms. The van der Waals surface area contributed by atoms with Crippen molar-refractivity contribution in [1.29, 1.82) is 0 Å². The maximum Gasteiger partial charge on any atom is 0.302 e. The van der Waals surface area contributed by atoms with Gasteiger partial charge in [0, 0.05) is 6.92 Å². The van der Waals surface area contributed by atoms with Gasteiger partial charge >= 0.3 is 5.97 Å². The van der Waals surface area contributed by atoms with Crippen LogP contribution >= 0.6 is 0 Å². The highest BCUT2D eigenvalue weighted by molar-refractivity contribution is 5.65. The number of esters is 1. The maximum absolute atomic E-state index is 10.5. The van der Waals surface area contributed by atoms with Crippen molar-refractivity contribution in [3.05, 3.63) is 12.2 Å². The minimum atomic E-state index is -0.249. The van der Waals surface area contributed by atoms with Gasteiger partial charge in [0.15, 0.2) is 0 Å². The molecule has 1 unspecified atom stereocenters. The molecule has 12 heavy (non-hydrogen) atoms. The summed E-state index contributed by atoms with van der Waals surface area (Å²) in [6, 6.07) is 0. The van der Waals surface area contributed by atoms with Crippen molar-refractivity contribution in [3.8, 4) is 0 Å². The second-order valence-electron chi connectivity index (χ2n) is 2.93. The molecule has 0 aromatic carbocycles. The van der Waals surface area contributed by atoms with Crippen molar-refractivity contribution in [2.75, 3.05) is 6.61 Å². The Labute approximate surface area is 72.4 Å². The molecule has 0 spiro atoms. The van der Waals surface area contributed by atoms with Crippen LogP contribution < -0.4 is 0 Å². The quantitative estimate of drug-likeness (QED) is 0.462. The van der Waals surface area contributed by atoms with Crippen LogP contribution in [-0.2, 0) is 14.3 Å². The van der Waals surface area contributed by atoms with Crippen molar-refractivity contribution in [2.24, 2.45) is 0 Å². The third-order valence-electron chi connectivity index (χ3n) is 1.69. The molecule has 1 aliphatic rings. The lowest BCUT2D eigenvalue weighted by atomic mass is 10.2. The van der Waals surface area contributed by atoms with Gasteiger partial charge in [0.05, 0.1) is 12.2 Å². The van der Waals surface area contributed by atoms with E-state index in [4.69, 9.17) is 9.47 Å². The van der Waals surface area contributed by atoms with E-state index in [1.165, 1.54) is 6.92 Å². The predicted octanol–water partition coefficient (Wildman–Crippen LogP) is 1.28. The smallest absolute Gasteiger partial charge is 0.302 e. The Kier molecular flexibility index (Phi) is 3.29. The molecular formula is C9H14O3. The van der Waals surface area contributed by atoms with Gasteiger partial charge in [0.1, 0.15) is 6.61 Å². The first-order chi connectivity index (χ1) is 5.68. The third kappa shape index (κ3) is 3.05. The molecule has 1 rings (SSSR count). The first-order valence-corrected chi connectivity index (χ1v) is 4.14. The van der Waals surface area contributed by atoms with Gasteiger partial charge in [-0.25, -0.2) is 0 Å². The average Bonchev–Trinajstić information content (AvgIpc) is 2.01. The molecule has 1 heterocycles. The van der Waals surface area contributed by atoms with Gasteiger partial charge < -0.3 is 9.47 Å². The average molecular weight is 170 g/mol. The summed E-state index contributed by atoms with van der Waals surface area (Å²) in [7, 11) is 0. The lowest BCUT2D eigenvalue weighted by Crippen LogP contribution is -2.27. The van der Waals surface area contributed by atoms with Gasteiger partial charge in [-0.3, -0.25) is 4.79 Å². The van der Waals surface area contributed by atoms with Gasteiger partial charge in [0.2, 0.25) is 0 Å². The standard InChI is InChI=1S/C9H14O3/c1-7-4-3-5-9(12-7)6-11-8(2)10/h3-4,7,9H,5-6H2,1-2H3/t7?,9-/m0/s1. The zero-order valence-electron chi connectivity index (χ0n) is 7.45. The van der Waals surface area contributed by atoms with E-state index in [0.29, 0.717) is 6.61 Å². The maximum atomic E-state index is 10.5. The molecule has 68 valence electrons. The molecule has 0 N–H and O–H groups in total. The molecule has 3 nitrogen and oxygen atoms in total. The van der Waals surface area contributed by atoms with E-state index in [0.717, 1.165) is 6.42 Å². The van der Waals surface area contributed by atoms with Gasteiger partial charge in [-0.05, 0) is 13.3 Å². The topological polar surface area (TPSA) is 35.5 Å². The van der Waals surface area contributed by atoms with E-state index in [2.05, 4.69) is 6.08 Å². The molecule has 3 heteroatoms. The van der Waals surface area contributed by atoms with Crippen LogP contribution in [0, 0.1) is 0 Å². The molecule has 0 fully saturated rings. The molecular weight excluding hydrogens is 156 g/mol. The van der Waals surface area contributed by atoms with Gasteiger partial charge in [-0.2, -0.15) is 0 Å². The zero-order chi connectivity index (χ0) is 8.97. The van der Waals surface area contributed by atoms with Gasteiger partial charge in [-0.15, -0.1) is 0 Å². The van der Waals surface area contributed by atoms with Crippen LogP contribution in [-0.4, -0.2) is 24.8 Å². The molecule has 0 amide bonds. The molecule has 0 aromatic rings. The summed E-state index contributed by atoms with van der Waals surface area (Å²) in [5.41, 5.74) is 0. The second-order valence-corrected chi connectivity index (χ2v) is 2.93. The first-order valence-electron chi connectivity index (χ1n) is 4.14. The van der Waals surface area contributed by atoms with Crippen LogP contribution in [0.5, 0.6) is 0 Å². The minimum absolute atomic E-state index is 0.0360. The lowest BCUT2D eigenvalue weighted by Gasteiger charge is -2.22. The van der Waals surface area contributed by atoms with Crippen molar-refractivity contribution >= 4 is 5.97 Å². The number of carbonyl (C=O) groups excluding carboxylic acids is 1. The number of hydrogen-bond acceptors (Lipinski definition) is 3. The molecule has 1 aliphatic heterocycles. The third-order valence-corrected chi connectivity index (χ3v) is 1.69. The first kappa shape index (κ1) is 9.26. The Balaban J connectivity index is 2.25. The van der Waals surface area contributed by atoms with Crippen LogP contribution in [0.25, 0.3) is 0 Å². The van der Waals surface area contributed by atoms with Crippen molar-refractivity contribution in [1.82, 2.24) is 0 Å². The summed E-state index contributed by atoms with van der Waals surface area (Å²) in [4.78, 5) is 10.5. The second kappa shape index (κ2) is 4.26. The van der Waals surface area contributed by atoms with Crippen molar-refractivity contribution < 1.29 is 14.3 Å². The van der Waals surface area contributed by atoms with Crippen molar-refractivity contribution in [2.45, 2.75) is 32.5 Å². The normalized spacial score (nSPS) is 28.5. The highest BCUT2D eigenvalue weighted by Gasteiger charge is 2.15. The Hall–Kier alpha value is -0.830. The minimum Gasteiger partial charge on any atom is -0.463 e. The Morgan fingerprint density at radius 3 is 3.08 bits per heavy atom. The Bertz CT molecular complexity index is 186. The van der Waals surface area contributed by atoms with E-state index < -0.39 is 0 Å². The Morgan fingerprint density at radius 1 is 1.75 bits per heavy atom. The highest BCUT2D eigenvalue weighted by Crippen LogP contribution is 2.11. The number of carbonyl (C=O) groups is 1. The SMILES string of the molecule is CC(=O)OC[C@@H]1CC=CC(C)O1. The summed E-state index contributed by atoms with van der Waals surface area (Å²) < 4.78 is 10.3. The van der Waals surface area contributed by atoms with Gasteiger partial charge in [-0.1, -0.05) is 12.2 Å². The molecule has 0 saturated heterocycles. The summed E-state index contributed by atoms with van der Waals surface area (Å²) in [6.45, 7) is 3.74. The highest BCUT2D eigenvalue weighted by atomic mass is 16.6. The van der Waals surface area contributed by atoms with E-state index in [1.807, 2.05) is 13.0 Å². The number of hydrogen-bond donors (Lipinski definition) is 0. The fourth-order valence-electron chi connectivity index (χ4n) is 1.14. The van der Waals surface area contributed by atoms with Crippen LogP contribution in [0.3, 0.4) is 0 Å². The van der Waals surface area contributed by atoms with Crippen molar-refractivity contribution in [3.63, 3.8) is 0 Å². The number of ether oxygens (including phenoxy) is 2. The largest absolute Gasteiger partial charge is 0.463 e. The fourth-order valence-corrected chi connectivity index (χ4v) is 1.14. The monoisotopic (exact) mass is 170 g/mol. The lowest BCUT2D eigenvalue weighted by molar-refractivity contribution is -0.146. The molecule has 0 radical (unpaired) electrons. The molecule has 2 atom stereocenters. The van der Waals surface area contributed by atoms with Gasteiger partial charge in [0.25, 0.3) is 0 Å². The van der Waals surface area contributed by atoms with E-state index >= 15 is 0 Å².